The molecule has 2 heterocycles. The Morgan fingerprint density at radius 3 is 2.52 bits per heavy atom. The summed E-state index contributed by atoms with van der Waals surface area (Å²) in [5.41, 5.74) is 2.99. The van der Waals surface area contributed by atoms with Crippen LogP contribution in [0.5, 0.6) is 0 Å². The highest BCUT2D eigenvalue weighted by atomic mass is 32.2. The quantitative estimate of drug-likeness (QED) is 0.551. The van der Waals surface area contributed by atoms with Crippen LogP contribution >= 0.6 is 23.5 Å². The van der Waals surface area contributed by atoms with E-state index in [1.54, 1.807) is 0 Å². The van der Waals surface area contributed by atoms with Crippen molar-refractivity contribution in [1.82, 2.24) is 9.55 Å². The number of benzene rings is 1. The molecule has 0 atom stereocenters. The number of imidazole rings is 1. The molecule has 2 aromatic rings. The Morgan fingerprint density at radius 1 is 1.08 bits per heavy atom. The molecule has 2 nitrogen and oxygen atoms in total. The van der Waals surface area contributed by atoms with Gasteiger partial charge >= 0.3 is 0 Å². The first-order chi connectivity index (χ1) is 12.3. The molecule has 0 bridgehead atoms. The molecule has 1 aromatic carbocycles. The molecule has 0 aliphatic carbocycles. The molecular weight excluding hydrogens is 344 g/mol. The van der Waals surface area contributed by atoms with Gasteiger partial charge in [-0.05, 0) is 61.2 Å². The van der Waals surface area contributed by atoms with E-state index in [-0.39, 0.29) is 0 Å². The molecule has 1 aliphatic rings. The fourth-order valence-electron chi connectivity index (χ4n) is 3.42. The Balaban J connectivity index is 1.59. The van der Waals surface area contributed by atoms with Crippen molar-refractivity contribution in [2.24, 2.45) is 0 Å². The molecule has 3 rings (SSSR count). The van der Waals surface area contributed by atoms with Crippen LogP contribution in [-0.4, -0.2) is 25.1 Å². The summed E-state index contributed by atoms with van der Waals surface area (Å²) in [7, 11) is 0. The fraction of sp³-hybridized carbons (Fsp3) is 0.571. The number of aryl methyl sites for hydroxylation is 2. The summed E-state index contributed by atoms with van der Waals surface area (Å²) in [6.07, 6.45) is 14.7. The molecule has 1 aliphatic heterocycles. The third-order valence-electron chi connectivity index (χ3n) is 4.87. The largest absolute Gasteiger partial charge is 0.337 e. The highest BCUT2D eigenvalue weighted by Gasteiger charge is 2.33. The van der Waals surface area contributed by atoms with Crippen LogP contribution in [0.25, 0.3) is 0 Å². The summed E-state index contributed by atoms with van der Waals surface area (Å²) in [6, 6.07) is 9.45. The summed E-state index contributed by atoms with van der Waals surface area (Å²) >= 11 is 4.40. The molecule has 25 heavy (non-hydrogen) atoms. The van der Waals surface area contributed by atoms with Crippen LogP contribution in [0.3, 0.4) is 0 Å². The van der Waals surface area contributed by atoms with Crippen molar-refractivity contribution < 1.29 is 0 Å². The molecule has 0 unspecified atom stereocenters. The summed E-state index contributed by atoms with van der Waals surface area (Å²) < 4.78 is 2.57. The van der Waals surface area contributed by atoms with Crippen molar-refractivity contribution in [2.45, 2.75) is 62.5 Å². The van der Waals surface area contributed by atoms with Crippen molar-refractivity contribution in [3.05, 3.63) is 54.1 Å². The number of thioether (sulfide) groups is 2. The van der Waals surface area contributed by atoms with Gasteiger partial charge in [-0.2, -0.15) is 0 Å². The van der Waals surface area contributed by atoms with Crippen molar-refractivity contribution in [3.63, 3.8) is 0 Å². The lowest BCUT2D eigenvalue weighted by Gasteiger charge is -2.36. The van der Waals surface area contributed by atoms with Crippen LogP contribution in [0.15, 0.2) is 43.0 Å². The van der Waals surface area contributed by atoms with E-state index in [1.807, 2.05) is 12.5 Å². The van der Waals surface area contributed by atoms with Gasteiger partial charge in [-0.3, -0.25) is 0 Å². The molecule has 0 N–H and O–H groups in total. The summed E-state index contributed by atoms with van der Waals surface area (Å²) in [5, 5.41) is 0. The molecule has 1 saturated heterocycles. The van der Waals surface area contributed by atoms with Gasteiger partial charge in [0.25, 0.3) is 0 Å². The second kappa shape index (κ2) is 9.72. The van der Waals surface area contributed by atoms with Gasteiger partial charge in [-0.1, -0.05) is 37.6 Å². The second-order valence-corrected chi connectivity index (χ2v) is 10.2. The topological polar surface area (TPSA) is 17.8 Å². The van der Waals surface area contributed by atoms with E-state index < -0.39 is 0 Å². The van der Waals surface area contributed by atoms with E-state index in [0.717, 1.165) is 6.54 Å². The van der Waals surface area contributed by atoms with Gasteiger partial charge in [-0.25, -0.2) is 4.98 Å². The Labute approximate surface area is 161 Å². The van der Waals surface area contributed by atoms with Gasteiger partial charge in [0.2, 0.25) is 0 Å². The van der Waals surface area contributed by atoms with Gasteiger partial charge in [-0.15, -0.1) is 23.5 Å². The van der Waals surface area contributed by atoms with Gasteiger partial charge in [0, 0.05) is 18.9 Å². The van der Waals surface area contributed by atoms with Crippen LogP contribution in [0.2, 0.25) is 0 Å². The first-order valence-corrected chi connectivity index (χ1v) is 11.6. The second-order valence-electron chi connectivity index (χ2n) is 6.96. The predicted octanol–water partition coefficient (Wildman–Crippen LogP) is 5.82. The van der Waals surface area contributed by atoms with Crippen LogP contribution in [-0.2, 0) is 19.4 Å². The minimum Gasteiger partial charge on any atom is -0.337 e. The van der Waals surface area contributed by atoms with Gasteiger partial charge < -0.3 is 4.57 Å². The first-order valence-electron chi connectivity index (χ1n) is 9.61. The van der Waals surface area contributed by atoms with Crippen LogP contribution in [0.1, 0.15) is 50.2 Å². The standard InChI is InChI=1S/C21H30N2S2/c1-2-3-6-19-7-9-20(10-8-19)17-21(24-15-5-16-25-21)11-4-13-23-14-12-22-18-23/h7-10,12,14,18H,2-6,11,13,15-17H2,1H3. The first kappa shape index (κ1) is 18.9. The molecule has 0 spiro atoms. The maximum atomic E-state index is 4.15. The molecule has 0 saturated carbocycles. The van der Waals surface area contributed by atoms with E-state index >= 15 is 0 Å². The average Bonchev–Trinajstić information content (AvgIpc) is 3.15. The number of rotatable bonds is 9. The summed E-state index contributed by atoms with van der Waals surface area (Å²) in [6.45, 7) is 3.35. The van der Waals surface area contributed by atoms with Gasteiger partial charge in [0.05, 0.1) is 10.4 Å². The Hall–Kier alpha value is -0.870. The van der Waals surface area contributed by atoms with Crippen LogP contribution in [0, 0.1) is 0 Å². The lowest BCUT2D eigenvalue weighted by atomic mass is 10.0. The maximum Gasteiger partial charge on any atom is 0.0945 e. The fourth-order valence-corrected chi connectivity index (χ4v) is 6.87. The van der Waals surface area contributed by atoms with Crippen molar-refractivity contribution in [2.75, 3.05) is 11.5 Å². The van der Waals surface area contributed by atoms with E-state index in [1.165, 1.54) is 67.6 Å². The lowest BCUT2D eigenvalue weighted by molar-refractivity contribution is 0.575. The average molecular weight is 375 g/mol. The monoisotopic (exact) mass is 374 g/mol. The highest BCUT2D eigenvalue weighted by molar-refractivity contribution is 8.18. The molecule has 1 aromatic heterocycles. The van der Waals surface area contributed by atoms with Crippen LogP contribution < -0.4 is 0 Å². The lowest BCUT2D eigenvalue weighted by Crippen LogP contribution is -2.28. The maximum absolute atomic E-state index is 4.15. The minimum absolute atomic E-state index is 0.365. The molecule has 136 valence electrons. The molecule has 0 amide bonds. The normalized spacial score (nSPS) is 16.8. The molecule has 0 radical (unpaired) electrons. The van der Waals surface area contributed by atoms with Crippen molar-refractivity contribution in [3.8, 4) is 0 Å². The minimum atomic E-state index is 0.365. The van der Waals surface area contributed by atoms with Gasteiger partial charge in [0.1, 0.15) is 0 Å². The molecule has 4 heteroatoms. The zero-order valence-corrected chi connectivity index (χ0v) is 17.0. The van der Waals surface area contributed by atoms with E-state index in [9.17, 15) is 0 Å². The SMILES string of the molecule is CCCCc1ccc(CC2(CCCn3ccnc3)SCCCS2)cc1. The summed E-state index contributed by atoms with van der Waals surface area (Å²) in [5.74, 6) is 2.62. The molecular formula is C21H30N2S2. The Bertz CT molecular complexity index is 601. The van der Waals surface area contributed by atoms with Crippen LogP contribution in [0.4, 0.5) is 0 Å². The summed E-state index contributed by atoms with van der Waals surface area (Å²) in [4.78, 5) is 4.15. The Kier molecular flexibility index (Phi) is 7.35. The Morgan fingerprint density at radius 2 is 1.84 bits per heavy atom. The van der Waals surface area contributed by atoms with Gasteiger partial charge in [0.15, 0.2) is 0 Å². The van der Waals surface area contributed by atoms with Crippen molar-refractivity contribution >= 4 is 23.5 Å². The molecule has 1 fully saturated rings. The smallest absolute Gasteiger partial charge is 0.0945 e. The van der Waals surface area contributed by atoms with E-state index in [2.05, 4.69) is 70.5 Å². The zero-order chi connectivity index (χ0) is 17.4. The third kappa shape index (κ3) is 5.82. The van der Waals surface area contributed by atoms with E-state index in [0.29, 0.717) is 4.08 Å². The third-order valence-corrected chi connectivity index (χ3v) is 8.31. The van der Waals surface area contributed by atoms with Crippen molar-refractivity contribution in [1.29, 1.82) is 0 Å². The zero-order valence-electron chi connectivity index (χ0n) is 15.3. The predicted molar refractivity (Wildman–Crippen MR) is 112 cm³/mol. The number of unbranched alkanes of at least 4 members (excludes halogenated alkanes) is 1. The number of nitrogens with zero attached hydrogens (tertiary/aromatic N) is 2. The number of aromatic nitrogens is 2. The number of hydrogen-bond acceptors (Lipinski definition) is 3. The number of hydrogen-bond donors (Lipinski definition) is 0. The van der Waals surface area contributed by atoms with E-state index in [4.69, 9.17) is 0 Å². The highest BCUT2D eigenvalue weighted by Crippen LogP contribution is 2.47.